The maximum absolute atomic E-state index is 13.7. The van der Waals surface area contributed by atoms with Crippen molar-refractivity contribution in [2.45, 2.75) is 13.0 Å². The van der Waals surface area contributed by atoms with Crippen molar-refractivity contribution in [1.29, 1.82) is 0 Å². The minimum Gasteiger partial charge on any atom is -0.364 e. The summed E-state index contributed by atoms with van der Waals surface area (Å²) in [6.07, 6.45) is 5.88. The quantitative estimate of drug-likeness (QED) is 0.764. The third kappa shape index (κ3) is 2.21. The average Bonchev–Trinajstić information content (AvgIpc) is 3.14. The first-order valence-electron chi connectivity index (χ1n) is 7.11. The number of aromatic nitrogens is 3. The van der Waals surface area contributed by atoms with Gasteiger partial charge in [-0.2, -0.15) is 0 Å². The Hall–Kier alpha value is -2.96. The molecule has 0 radical (unpaired) electrons. The molecule has 0 spiro atoms. The van der Waals surface area contributed by atoms with Crippen molar-refractivity contribution in [3.63, 3.8) is 0 Å². The van der Waals surface area contributed by atoms with E-state index in [9.17, 15) is 13.6 Å². The molecule has 1 aliphatic rings. The summed E-state index contributed by atoms with van der Waals surface area (Å²) in [4.78, 5) is 19.9. The molecule has 0 unspecified atom stereocenters. The molecular weight excluding hydrogens is 302 g/mol. The van der Waals surface area contributed by atoms with E-state index in [1.807, 2.05) is 10.8 Å². The van der Waals surface area contributed by atoms with Gasteiger partial charge in [-0.15, -0.1) is 0 Å². The van der Waals surface area contributed by atoms with Crippen LogP contribution in [0.25, 0.3) is 11.4 Å². The largest absolute Gasteiger partial charge is 0.364 e. The number of fused-ring (bicyclic) bond motifs is 3. The van der Waals surface area contributed by atoms with Crippen LogP contribution in [0, 0.1) is 11.6 Å². The number of nitrogens with zero attached hydrogens (tertiary/aromatic N) is 2. The maximum atomic E-state index is 13.7. The Morgan fingerprint density at radius 3 is 3.04 bits per heavy atom. The van der Waals surface area contributed by atoms with Crippen LogP contribution in [0.5, 0.6) is 0 Å². The van der Waals surface area contributed by atoms with Gasteiger partial charge in [0.1, 0.15) is 17.5 Å². The number of carbonyl (C=O) groups is 1. The van der Waals surface area contributed by atoms with Crippen molar-refractivity contribution in [1.82, 2.24) is 14.5 Å². The second-order valence-corrected chi connectivity index (χ2v) is 5.33. The van der Waals surface area contributed by atoms with Crippen LogP contribution in [0.1, 0.15) is 16.1 Å². The van der Waals surface area contributed by atoms with E-state index in [1.165, 1.54) is 6.07 Å². The number of H-pyrrole nitrogens is 1. The van der Waals surface area contributed by atoms with Crippen LogP contribution in [0.2, 0.25) is 0 Å². The molecule has 0 atom stereocenters. The standard InChI is InChI=1S/C16H12F2N4O/c17-9-1-2-12(11(18)7-9)21-16(23)10-8-20-13-3-5-22-6-4-19-15(22)14(10)13/h1-2,4,6-8,20H,3,5H2,(H,21,23). The Bertz CT molecular complexity index is 913. The van der Waals surface area contributed by atoms with Crippen molar-refractivity contribution < 1.29 is 13.6 Å². The first-order valence-corrected chi connectivity index (χ1v) is 7.11. The van der Waals surface area contributed by atoms with Gasteiger partial charge in [-0.05, 0) is 12.1 Å². The summed E-state index contributed by atoms with van der Waals surface area (Å²) in [5.74, 6) is -1.27. The van der Waals surface area contributed by atoms with Crippen LogP contribution in [0.3, 0.4) is 0 Å². The Balaban J connectivity index is 1.70. The van der Waals surface area contributed by atoms with E-state index < -0.39 is 17.5 Å². The van der Waals surface area contributed by atoms with Gasteiger partial charge in [-0.1, -0.05) is 0 Å². The van der Waals surface area contributed by atoms with Gasteiger partial charge >= 0.3 is 0 Å². The number of aryl methyl sites for hydroxylation is 2. The third-order valence-electron chi connectivity index (χ3n) is 3.93. The minimum absolute atomic E-state index is 0.0644. The number of imidazole rings is 1. The predicted molar refractivity (Wildman–Crippen MR) is 80.0 cm³/mol. The molecule has 116 valence electrons. The Labute approximate surface area is 130 Å². The summed E-state index contributed by atoms with van der Waals surface area (Å²) >= 11 is 0. The lowest BCUT2D eigenvalue weighted by atomic mass is 10.0. The smallest absolute Gasteiger partial charge is 0.258 e. The third-order valence-corrected chi connectivity index (χ3v) is 3.93. The van der Waals surface area contributed by atoms with Gasteiger partial charge in [0.25, 0.3) is 5.91 Å². The molecule has 0 saturated carbocycles. The molecule has 1 aliphatic heterocycles. The molecule has 4 rings (SSSR count). The molecule has 3 heterocycles. The molecule has 5 nitrogen and oxygen atoms in total. The van der Waals surface area contributed by atoms with Crippen molar-refractivity contribution in [2.24, 2.45) is 0 Å². The molecule has 2 aromatic heterocycles. The zero-order valence-corrected chi connectivity index (χ0v) is 11.9. The van der Waals surface area contributed by atoms with Gasteiger partial charge in [-0.25, -0.2) is 13.8 Å². The van der Waals surface area contributed by atoms with Crippen LogP contribution < -0.4 is 5.32 Å². The number of benzene rings is 1. The molecule has 0 aliphatic carbocycles. The normalized spacial score (nSPS) is 12.6. The van der Waals surface area contributed by atoms with Crippen molar-refractivity contribution in [3.8, 4) is 11.4 Å². The average molecular weight is 314 g/mol. The highest BCUT2D eigenvalue weighted by atomic mass is 19.1. The summed E-state index contributed by atoms with van der Waals surface area (Å²) in [7, 11) is 0. The van der Waals surface area contributed by atoms with Gasteiger partial charge < -0.3 is 14.9 Å². The fourth-order valence-electron chi connectivity index (χ4n) is 2.83. The molecule has 0 bridgehead atoms. The molecule has 1 aromatic carbocycles. The molecule has 2 N–H and O–H groups in total. The van der Waals surface area contributed by atoms with Crippen LogP contribution >= 0.6 is 0 Å². The molecule has 23 heavy (non-hydrogen) atoms. The number of carbonyl (C=O) groups excluding carboxylic acids is 1. The zero-order chi connectivity index (χ0) is 16.0. The van der Waals surface area contributed by atoms with E-state index in [4.69, 9.17) is 0 Å². The van der Waals surface area contributed by atoms with Gasteiger partial charge in [-0.3, -0.25) is 4.79 Å². The highest BCUT2D eigenvalue weighted by Gasteiger charge is 2.25. The van der Waals surface area contributed by atoms with E-state index in [-0.39, 0.29) is 5.69 Å². The fraction of sp³-hybridized carbons (Fsp3) is 0.125. The number of aromatic amines is 1. The topological polar surface area (TPSA) is 62.7 Å². The van der Waals surface area contributed by atoms with Crippen LogP contribution in [-0.4, -0.2) is 20.4 Å². The number of hydrogen-bond acceptors (Lipinski definition) is 2. The second kappa shape index (κ2) is 5.05. The van der Waals surface area contributed by atoms with E-state index in [0.717, 1.165) is 36.4 Å². The first-order chi connectivity index (χ1) is 11.1. The van der Waals surface area contributed by atoms with Crippen molar-refractivity contribution in [3.05, 3.63) is 59.7 Å². The van der Waals surface area contributed by atoms with E-state index in [2.05, 4.69) is 15.3 Å². The summed E-state index contributed by atoms with van der Waals surface area (Å²) < 4.78 is 28.6. The highest BCUT2D eigenvalue weighted by Crippen LogP contribution is 2.31. The van der Waals surface area contributed by atoms with Crippen LogP contribution in [0.15, 0.2) is 36.8 Å². The highest BCUT2D eigenvalue weighted by molar-refractivity contribution is 6.08. The Morgan fingerprint density at radius 2 is 2.22 bits per heavy atom. The SMILES string of the molecule is O=C(Nc1ccc(F)cc1F)c1c[nH]c2c1-c1nccn1CC2. The van der Waals surface area contributed by atoms with Crippen LogP contribution in [-0.2, 0) is 13.0 Å². The first kappa shape index (κ1) is 13.7. The Kier molecular flexibility index (Phi) is 3.00. The summed E-state index contributed by atoms with van der Waals surface area (Å²) in [5, 5.41) is 2.48. The van der Waals surface area contributed by atoms with Gasteiger partial charge in [0, 0.05) is 43.3 Å². The number of rotatable bonds is 2. The van der Waals surface area contributed by atoms with E-state index >= 15 is 0 Å². The number of halogens is 2. The van der Waals surface area contributed by atoms with E-state index in [0.29, 0.717) is 11.4 Å². The lowest BCUT2D eigenvalue weighted by molar-refractivity contribution is 0.102. The molecule has 0 saturated heterocycles. The predicted octanol–water partition coefficient (Wildman–Crippen LogP) is 2.96. The van der Waals surface area contributed by atoms with Gasteiger partial charge in [0.05, 0.1) is 16.8 Å². The van der Waals surface area contributed by atoms with Gasteiger partial charge in [0.2, 0.25) is 0 Å². The van der Waals surface area contributed by atoms with Crippen LogP contribution in [0.4, 0.5) is 14.5 Å². The minimum atomic E-state index is -0.816. The Morgan fingerprint density at radius 1 is 1.35 bits per heavy atom. The van der Waals surface area contributed by atoms with Crippen molar-refractivity contribution in [2.75, 3.05) is 5.32 Å². The molecular formula is C16H12F2N4O. The second-order valence-electron chi connectivity index (χ2n) is 5.33. The van der Waals surface area contributed by atoms with Crippen molar-refractivity contribution >= 4 is 11.6 Å². The molecule has 7 heteroatoms. The fourth-order valence-corrected chi connectivity index (χ4v) is 2.83. The number of hydrogen-bond donors (Lipinski definition) is 2. The lowest BCUT2D eigenvalue weighted by Gasteiger charge is -2.15. The maximum Gasteiger partial charge on any atom is 0.258 e. The molecule has 1 amide bonds. The number of anilines is 1. The summed E-state index contributed by atoms with van der Waals surface area (Å²) in [6, 6.07) is 3.02. The summed E-state index contributed by atoms with van der Waals surface area (Å²) in [6.45, 7) is 0.788. The monoisotopic (exact) mass is 314 g/mol. The zero-order valence-electron chi connectivity index (χ0n) is 11.9. The van der Waals surface area contributed by atoms with E-state index in [1.54, 1.807) is 12.4 Å². The number of amides is 1. The van der Waals surface area contributed by atoms with Gasteiger partial charge in [0.15, 0.2) is 0 Å². The molecule has 0 fully saturated rings. The number of nitrogens with one attached hydrogen (secondary N) is 2. The summed E-state index contributed by atoms with van der Waals surface area (Å²) in [5.41, 5.74) is 1.97. The lowest BCUT2D eigenvalue weighted by Crippen LogP contribution is -2.16. The molecule has 3 aromatic rings.